The first-order chi connectivity index (χ1) is 5.49. The summed E-state index contributed by atoms with van der Waals surface area (Å²) >= 11 is 0. The molecular weight excluding hydrogens is 166 g/mol. The van der Waals surface area contributed by atoms with Crippen LogP contribution in [0, 0.1) is 11.3 Å². The molecule has 0 heterocycles. The van der Waals surface area contributed by atoms with Crippen molar-refractivity contribution in [2.24, 2.45) is 0 Å². The number of amides is 1. The van der Waals surface area contributed by atoms with Gasteiger partial charge < -0.3 is 4.90 Å². The number of nitriles is 1. The van der Waals surface area contributed by atoms with Crippen molar-refractivity contribution in [1.82, 2.24) is 4.90 Å². The summed E-state index contributed by atoms with van der Waals surface area (Å²) in [7, 11) is 1.30. The number of halogens is 2. The Bertz CT molecular complexity index is 242. The van der Waals surface area contributed by atoms with E-state index in [0.29, 0.717) is 6.07 Å². The van der Waals surface area contributed by atoms with Crippen LogP contribution in [0.25, 0.3) is 0 Å². The number of hydrogen-bond acceptors (Lipinski definition) is 2. The van der Waals surface area contributed by atoms with Gasteiger partial charge in [0.15, 0.2) is 0 Å². The van der Waals surface area contributed by atoms with Crippen LogP contribution >= 0.6 is 0 Å². The molecule has 0 aliphatic heterocycles. The highest BCUT2D eigenvalue weighted by molar-refractivity contribution is 5.86. The molecule has 0 aromatic rings. The maximum Gasteiger partial charge on any atom is 0.408 e. The predicted octanol–water partition coefficient (Wildman–Crippen LogP) is 0.766. The lowest BCUT2D eigenvalue weighted by atomic mass is 10.3. The van der Waals surface area contributed by atoms with Gasteiger partial charge in [-0.3, -0.25) is 4.79 Å². The van der Waals surface area contributed by atoms with Gasteiger partial charge in [0.05, 0.1) is 0 Å². The lowest BCUT2D eigenvalue weighted by molar-refractivity contribution is -0.149. The van der Waals surface area contributed by atoms with Crippen LogP contribution in [0.2, 0.25) is 0 Å². The molecule has 0 radical (unpaired) electrons. The summed E-state index contributed by atoms with van der Waals surface area (Å²) in [6, 6.07) is 0.594. The summed E-state index contributed by atoms with van der Waals surface area (Å²) in [5.74, 6) is -5.26. The topological polar surface area (TPSA) is 44.1 Å². The monoisotopic (exact) mass is 174 g/mol. The molecule has 0 aromatic carbocycles. The van der Waals surface area contributed by atoms with E-state index < -0.39 is 11.8 Å². The summed E-state index contributed by atoms with van der Waals surface area (Å²) in [6.45, 7) is 0. The van der Waals surface area contributed by atoms with E-state index in [2.05, 4.69) is 0 Å². The van der Waals surface area contributed by atoms with Gasteiger partial charge in [0.1, 0.15) is 6.07 Å². The zero-order valence-corrected chi connectivity index (χ0v) is 6.55. The molecule has 1 amide bonds. The molecule has 1 aliphatic rings. The van der Waals surface area contributed by atoms with E-state index in [9.17, 15) is 13.6 Å². The normalized spacial score (nSPS) is 16.8. The van der Waals surface area contributed by atoms with Crippen molar-refractivity contribution in [3.05, 3.63) is 0 Å². The van der Waals surface area contributed by atoms with Crippen molar-refractivity contribution in [1.29, 1.82) is 5.26 Å². The fourth-order valence-corrected chi connectivity index (χ4v) is 0.897. The molecule has 0 atom stereocenters. The van der Waals surface area contributed by atoms with Gasteiger partial charge in [-0.2, -0.15) is 14.0 Å². The highest BCUT2D eigenvalue weighted by atomic mass is 19.3. The van der Waals surface area contributed by atoms with Crippen LogP contribution in [0.15, 0.2) is 0 Å². The average Bonchev–Trinajstić information content (AvgIpc) is 2.84. The Morgan fingerprint density at radius 2 is 2.17 bits per heavy atom. The van der Waals surface area contributed by atoms with E-state index >= 15 is 0 Å². The van der Waals surface area contributed by atoms with Gasteiger partial charge in [-0.05, 0) is 12.8 Å². The molecule has 1 aliphatic carbocycles. The molecular formula is C7H8F2N2O. The molecule has 0 unspecified atom stereocenters. The van der Waals surface area contributed by atoms with Crippen molar-refractivity contribution >= 4 is 5.91 Å². The molecule has 1 saturated carbocycles. The Hall–Kier alpha value is -1.18. The third-order valence-corrected chi connectivity index (χ3v) is 1.82. The lowest BCUT2D eigenvalue weighted by Crippen LogP contribution is -2.41. The molecule has 1 rings (SSSR count). The van der Waals surface area contributed by atoms with Gasteiger partial charge in [-0.15, -0.1) is 0 Å². The van der Waals surface area contributed by atoms with Crippen LogP contribution in [0.5, 0.6) is 0 Å². The first-order valence-electron chi connectivity index (χ1n) is 3.55. The SMILES string of the molecule is CN(C(=O)C(F)(F)C#N)C1CC1. The largest absolute Gasteiger partial charge is 0.408 e. The maximum atomic E-state index is 12.4. The molecule has 0 aromatic heterocycles. The summed E-state index contributed by atoms with van der Waals surface area (Å²) in [5.41, 5.74) is 0. The first-order valence-corrected chi connectivity index (χ1v) is 3.55. The third kappa shape index (κ3) is 1.52. The summed E-state index contributed by atoms with van der Waals surface area (Å²) < 4.78 is 24.9. The molecule has 5 heteroatoms. The second-order valence-corrected chi connectivity index (χ2v) is 2.83. The molecule has 0 spiro atoms. The molecule has 1 fully saturated rings. The van der Waals surface area contributed by atoms with Gasteiger partial charge in [0, 0.05) is 13.1 Å². The Labute approximate surface area is 68.6 Å². The smallest absolute Gasteiger partial charge is 0.337 e. The highest BCUT2D eigenvalue weighted by Crippen LogP contribution is 2.28. The number of hydrogen-bond donors (Lipinski definition) is 0. The zero-order valence-electron chi connectivity index (χ0n) is 6.55. The van der Waals surface area contributed by atoms with Gasteiger partial charge in [0.25, 0.3) is 0 Å². The van der Waals surface area contributed by atoms with Crippen molar-refractivity contribution in [2.75, 3.05) is 7.05 Å². The molecule has 0 bridgehead atoms. The molecule has 0 saturated heterocycles. The fraction of sp³-hybridized carbons (Fsp3) is 0.714. The summed E-state index contributed by atoms with van der Waals surface area (Å²) in [6.07, 6.45) is 1.51. The lowest BCUT2D eigenvalue weighted by Gasteiger charge is -2.18. The standard InChI is InChI=1S/C7H8F2N2O/c1-11(5-2-3-5)6(12)7(8,9)4-10/h5H,2-3H2,1H3. The first kappa shape index (κ1) is 8.91. The Balaban J connectivity index is 2.63. The van der Waals surface area contributed by atoms with Gasteiger partial charge >= 0.3 is 11.8 Å². The number of alkyl halides is 2. The fourth-order valence-electron chi connectivity index (χ4n) is 0.897. The number of rotatable bonds is 2. The second kappa shape index (κ2) is 2.70. The van der Waals surface area contributed by atoms with E-state index in [4.69, 9.17) is 5.26 Å². The summed E-state index contributed by atoms with van der Waals surface area (Å²) in [4.78, 5) is 11.8. The van der Waals surface area contributed by atoms with Crippen LogP contribution in [0.3, 0.4) is 0 Å². The van der Waals surface area contributed by atoms with Crippen molar-refractivity contribution in [3.63, 3.8) is 0 Å². The van der Waals surface area contributed by atoms with E-state index in [-0.39, 0.29) is 6.04 Å². The van der Waals surface area contributed by atoms with Crippen molar-refractivity contribution in [3.8, 4) is 6.07 Å². The van der Waals surface area contributed by atoms with Crippen LogP contribution < -0.4 is 0 Å². The van der Waals surface area contributed by atoms with Gasteiger partial charge in [0.2, 0.25) is 0 Å². The van der Waals surface area contributed by atoms with Crippen molar-refractivity contribution < 1.29 is 13.6 Å². The molecule has 66 valence electrons. The van der Waals surface area contributed by atoms with E-state index in [1.807, 2.05) is 0 Å². The quantitative estimate of drug-likeness (QED) is 0.620. The van der Waals surface area contributed by atoms with Crippen LogP contribution in [0.4, 0.5) is 8.78 Å². The summed E-state index contributed by atoms with van der Waals surface area (Å²) in [5, 5.41) is 7.97. The minimum Gasteiger partial charge on any atom is -0.337 e. The minimum atomic E-state index is -3.86. The van der Waals surface area contributed by atoms with E-state index in [0.717, 1.165) is 17.7 Å². The molecule has 3 nitrogen and oxygen atoms in total. The Morgan fingerprint density at radius 3 is 2.50 bits per heavy atom. The maximum absolute atomic E-state index is 12.4. The average molecular weight is 174 g/mol. The number of carbonyl (C=O) groups excluding carboxylic acids is 1. The predicted molar refractivity (Wildman–Crippen MR) is 36.4 cm³/mol. The minimum absolute atomic E-state index is 0.0864. The van der Waals surface area contributed by atoms with E-state index in [1.165, 1.54) is 7.05 Å². The van der Waals surface area contributed by atoms with Gasteiger partial charge in [-0.25, -0.2) is 0 Å². The molecule has 0 N–H and O–H groups in total. The van der Waals surface area contributed by atoms with Crippen LogP contribution in [0.1, 0.15) is 12.8 Å². The van der Waals surface area contributed by atoms with Crippen LogP contribution in [-0.2, 0) is 4.79 Å². The zero-order chi connectivity index (χ0) is 9.35. The number of carbonyl (C=O) groups is 1. The Morgan fingerprint density at radius 1 is 1.67 bits per heavy atom. The number of nitrogens with zero attached hydrogens (tertiary/aromatic N) is 2. The highest BCUT2D eigenvalue weighted by Gasteiger charge is 2.45. The molecule has 12 heavy (non-hydrogen) atoms. The second-order valence-electron chi connectivity index (χ2n) is 2.83. The van der Waals surface area contributed by atoms with Gasteiger partial charge in [-0.1, -0.05) is 0 Å². The van der Waals surface area contributed by atoms with E-state index in [1.54, 1.807) is 0 Å². The van der Waals surface area contributed by atoms with Crippen LogP contribution in [-0.4, -0.2) is 29.8 Å². The third-order valence-electron chi connectivity index (χ3n) is 1.82. The Kier molecular flexibility index (Phi) is 2.01. The van der Waals surface area contributed by atoms with Crippen molar-refractivity contribution in [2.45, 2.75) is 24.8 Å².